The maximum Gasteiger partial charge on any atom is 0.260 e. The van der Waals surface area contributed by atoms with Gasteiger partial charge in [-0.15, -0.1) is 0 Å². The maximum absolute atomic E-state index is 13.2. The standard InChI is InChI=1S/C20H15ClN2O2S/c1-13-7-8-17-18(10-13)26-20(22-17)23(12-16-6-3-9-25-16)19(24)14-4-2-5-15(21)11-14/h2-11H,12H2,1H3. The quantitative estimate of drug-likeness (QED) is 0.455. The van der Waals surface area contributed by atoms with Crippen LogP contribution in [0.25, 0.3) is 10.2 Å². The van der Waals surface area contributed by atoms with E-state index in [1.165, 1.54) is 11.3 Å². The Morgan fingerprint density at radius 3 is 2.85 bits per heavy atom. The van der Waals surface area contributed by atoms with Crippen LogP contribution < -0.4 is 4.90 Å². The normalized spacial score (nSPS) is 11.0. The summed E-state index contributed by atoms with van der Waals surface area (Å²) in [5, 5.41) is 1.15. The van der Waals surface area contributed by atoms with Gasteiger partial charge in [-0.2, -0.15) is 0 Å². The van der Waals surface area contributed by atoms with Crippen LogP contribution in [0.5, 0.6) is 0 Å². The molecule has 4 rings (SSSR count). The highest BCUT2D eigenvalue weighted by Crippen LogP contribution is 2.31. The molecular weight excluding hydrogens is 368 g/mol. The first kappa shape index (κ1) is 16.8. The van der Waals surface area contributed by atoms with Gasteiger partial charge < -0.3 is 4.42 Å². The fourth-order valence-electron chi connectivity index (χ4n) is 2.70. The van der Waals surface area contributed by atoms with Crippen LogP contribution in [0.3, 0.4) is 0 Å². The Hall–Kier alpha value is -2.63. The fraction of sp³-hybridized carbons (Fsp3) is 0.100. The second kappa shape index (κ2) is 6.94. The summed E-state index contributed by atoms with van der Waals surface area (Å²) in [5.41, 5.74) is 2.55. The Kier molecular flexibility index (Phi) is 4.49. The Labute approximate surface area is 159 Å². The van der Waals surface area contributed by atoms with E-state index in [0.29, 0.717) is 28.0 Å². The Morgan fingerprint density at radius 1 is 1.19 bits per heavy atom. The molecule has 2 heterocycles. The number of benzene rings is 2. The van der Waals surface area contributed by atoms with Gasteiger partial charge in [0, 0.05) is 10.6 Å². The summed E-state index contributed by atoms with van der Waals surface area (Å²) >= 11 is 7.55. The molecule has 130 valence electrons. The zero-order valence-electron chi connectivity index (χ0n) is 14.0. The van der Waals surface area contributed by atoms with Crippen molar-refractivity contribution in [3.63, 3.8) is 0 Å². The molecule has 0 N–H and O–H groups in total. The van der Waals surface area contributed by atoms with Crippen molar-refractivity contribution in [2.45, 2.75) is 13.5 Å². The van der Waals surface area contributed by atoms with Gasteiger partial charge in [0.1, 0.15) is 5.76 Å². The second-order valence-corrected chi connectivity index (χ2v) is 7.39. The lowest BCUT2D eigenvalue weighted by atomic mass is 10.2. The first-order valence-electron chi connectivity index (χ1n) is 8.07. The molecule has 0 saturated heterocycles. The Morgan fingerprint density at radius 2 is 2.08 bits per heavy atom. The third kappa shape index (κ3) is 3.36. The number of anilines is 1. The molecule has 2 aromatic heterocycles. The Bertz CT molecular complexity index is 1070. The number of nitrogens with zero attached hydrogens (tertiary/aromatic N) is 2. The highest BCUT2D eigenvalue weighted by atomic mass is 35.5. The lowest BCUT2D eigenvalue weighted by molar-refractivity contribution is 0.0983. The predicted molar refractivity (Wildman–Crippen MR) is 105 cm³/mol. The molecule has 6 heteroatoms. The summed E-state index contributed by atoms with van der Waals surface area (Å²) in [6.07, 6.45) is 1.60. The van der Waals surface area contributed by atoms with Crippen molar-refractivity contribution in [2.24, 2.45) is 0 Å². The lowest BCUT2D eigenvalue weighted by Crippen LogP contribution is -2.30. The minimum absolute atomic E-state index is 0.167. The molecule has 0 bridgehead atoms. The summed E-state index contributed by atoms with van der Waals surface area (Å²) in [4.78, 5) is 19.4. The summed E-state index contributed by atoms with van der Waals surface area (Å²) in [7, 11) is 0. The molecule has 0 radical (unpaired) electrons. The summed E-state index contributed by atoms with van der Waals surface area (Å²) in [6.45, 7) is 2.34. The number of furan rings is 1. The number of hydrogen-bond acceptors (Lipinski definition) is 4. The lowest BCUT2D eigenvalue weighted by Gasteiger charge is -2.18. The van der Waals surface area contributed by atoms with E-state index in [9.17, 15) is 4.79 Å². The van der Waals surface area contributed by atoms with E-state index in [2.05, 4.69) is 11.1 Å². The van der Waals surface area contributed by atoms with Crippen molar-refractivity contribution in [3.8, 4) is 0 Å². The molecule has 0 unspecified atom stereocenters. The van der Waals surface area contributed by atoms with Gasteiger partial charge in [0.15, 0.2) is 5.13 Å². The van der Waals surface area contributed by atoms with Crippen LogP contribution in [0.4, 0.5) is 5.13 Å². The average Bonchev–Trinajstić information content (AvgIpc) is 3.28. The number of halogens is 1. The first-order chi connectivity index (χ1) is 12.6. The van der Waals surface area contributed by atoms with Crippen molar-refractivity contribution in [1.82, 2.24) is 4.98 Å². The molecule has 0 atom stereocenters. The van der Waals surface area contributed by atoms with E-state index in [0.717, 1.165) is 15.8 Å². The van der Waals surface area contributed by atoms with Crippen LogP contribution in [-0.4, -0.2) is 10.9 Å². The number of aromatic nitrogens is 1. The molecule has 0 saturated carbocycles. The van der Waals surface area contributed by atoms with E-state index in [4.69, 9.17) is 16.0 Å². The number of carbonyl (C=O) groups excluding carboxylic acids is 1. The Balaban J connectivity index is 1.77. The minimum atomic E-state index is -0.167. The van der Waals surface area contributed by atoms with Crippen LogP contribution in [0.1, 0.15) is 21.7 Å². The van der Waals surface area contributed by atoms with E-state index in [-0.39, 0.29) is 5.91 Å². The van der Waals surface area contributed by atoms with Crippen LogP contribution in [0.15, 0.2) is 65.3 Å². The van der Waals surface area contributed by atoms with Gasteiger partial charge in [0.25, 0.3) is 5.91 Å². The zero-order valence-corrected chi connectivity index (χ0v) is 15.6. The maximum atomic E-state index is 13.2. The van der Waals surface area contributed by atoms with Gasteiger partial charge in [0.2, 0.25) is 0 Å². The minimum Gasteiger partial charge on any atom is -0.467 e. The number of hydrogen-bond donors (Lipinski definition) is 0. The van der Waals surface area contributed by atoms with E-state index in [1.807, 2.05) is 25.1 Å². The van der Waals surface area contributed by atoms with Gasteiger partial charge in [-0.25, -0.2) is 4.98 Å². The molecular formula is C20H15ClN2O2S. The van der Waals surface area contributed by atoms with E-state index in [1.54, 1.807) is 41.5 Å². The van der Waals surface area contributed by atoms with Gasteiger partial charge in [-0.05, 0) is 55.0 Å². The third-order valence-corrected chi connectivity index (χ3v) is 5.25. The van der Waals surface area contributed by atoms with Crippen LogP contribution in [-0.2, 0) is 6.54 Å². The van der Waals surface area contributed by atoms with Crippen LogP contribution >= 0.6 is 22.9 Å². The molecule has 0 spiro atoms. The van der Waals surface area contributed by atoms with E-state index < -0.39 is 0 Å². The number of thiazole rings is 1. The van der Waals surface area contributed by atoms with Gasteiger partial charge in [-0.1, -0.05) is 35.1 Å². The number of aryl methyl sites for hydroxylation is 1. The number of amides is 1. The largest absolute Gasteiger partial charge is 0.467 e. The molecule has 0 fully saturated rings. The zero-order chi connectivity index (χ0) is 18.1. The molecule has 4 nitrogen and oxygen atoms in total. The van der Waals surface area contributed by atoms with Crippen LogP contribution in [0.2, 0.25) is 5.02 Å². The van der Waals surface area contributed by atoms with Crippen LogP contribution in [0, 0.1) is 6.92 Å². The van der Waals surface area contributed by atoms with Gasteiger partial charge in [0.05, 0.1) is 23.0 Å². The first-order valence-corrected chi connectivity index (χ1v) is 9.26. The summed E-state index contributed by atoms with van der Waals surface area (Å²) in [5.74, 6) is 0.524. The van der Waals surface area contributed by atoms with Gasteiger partial charge in [-0.3, -0.25) is 9.69 Å². The fourth-order valence-corrected chi connectivity index (χ4v) is 3.95. The topological polar surface area (TPSA) is 46.3 Å². The smallest absolute Gasteiger partial charge is 0.260 e. The number of rotatable bonds is 4. The SMILES string of the molecule is Cc1ccc2nc(N(Cc3ccco3)C(=O)c3cccc(Cl)c3)sc2c1. The van der Waals surface area contributed by atoms with Gasteiger partial charge >= 0.3 is 0 Å². The molecule has 0 aliphatic carbocycles. The third-order valence-electron chi connectivity index (χ3n) is 3.97. The predicted octanol–water partition coefficient (Wildman–Crippen LogP) is 5.70. The van der Waals surface area contributed by atoms with Crippen molar-refractivity contribution in [3.05, 3.63) is 82.8 Å². The van der Waals surface area contributed by atoms with Crippen molar-refractivity contribution in [2.75, 3.05) is 4.90 Å². The molecule has 4 aromatic rings. The molecule has 1 amide bonds. The van der Waals surface area contributed by atoms with E-state index >= 15 is 0 Å². The highest BCUT2D eigenvalue weighted by Gasteiger charge is 2.23. The second-order valence-electron chi connectivity index (χ2n) is 5.95. The van der Waals surface area contributed by atoms with Crippen molar-refractivity contribution < 1.29 is 9.21 Å². The molecule has 26 heavy (non-hydrogen) atoms. The number of carbonyl (C=O) groups is 1. The summed E-state index contributed by atoms with van der Waals surface area (Å²) < 4.78 is 6.49. The summed E-state index contributed by atoms with van der Waals surface area (Å²) in [6, 6.07) is 16.6. The molecule has 0 aliphatic heterocycles. The van der Waals surface area contributed by atoms with Crippen molar-refractivity contribution >= 4 is 44.2 Å². The van der Waals surface area contributed by atoms with Crippen molar-refractivity contribution in [1.29, 1.82) is 0 Å². The molecule has 2 aromatic carbocycles. The number of fused-ring (bicyclic) bond motifs is 1. The molecule has 0 aliphatic rings. The monoisotopic (exact) mass is 382 g/mol. The highest BCUT2D eigenvalue weighted by molar-refractivity contribution is 7.22. The average molecular weight is 383 g/mol.